The van der Waals surface area contributed by atoms with Crippen molar-refractivity contribution in [2.24, 2.45) is 0 Å². The lowest BCUT2D eigenvalue weighted by atomic mass is 10.0. The summed E-state index contributed by atoms with van der Waals surface area (Å²) in [5.74, 6) is -0.882. The average Bonchev–Trinajstić information content (AvgIpc) is 2.18. The van der Waals surface area contributed by atoms with Crippen LogP contribution in [0.15, 0.2) is 18.2 Å². The van der Waals surface area contributed by atoms with Gasteiger partial charge in [0.1, 0.15) is 0 Å². The summed E-state index contributed by atoms with van der Waals surface area (Å²) < 4.78 is 0. The quantitative estimate of drug-likeness (QED) is 0.771. The van der Waals surface area contributed by atoms with Crippen LogP contribution in [0.5, 0.6) is 0 Å². The van der Waals surface area contributed by atoms with Gasteiger partial charge in [0.05, 0.1) is 11.3 Å². The summed E-state index contributed by atoms with van der Waals surface area (Å²) in [5.41, 5.74) is 2.15. The Morgan fingerprint density at radius 1 is 1.50 bits per heavy atom. The van der Waals surface area contributed by atoms with E-state index < -0.39 is 5.97 Å². The Kier molecular flexibility index (Phi) is 3.51. The Labute approximate surface area is 83.8 Å². The number of nitrogens with one attached hydrogen (secondary N) is 1. The molecule has 0 aromatic heterocycles. The third-order valence-electron chi connectivity index (χ3n) is 2.15. The maximum atomic E-state index is 10.9. The predicted octanol–water partition coefficient (Wildman–Crippen LogP) is 2.38. The molecule has 0 heterocycles. The third kappa shape index (κ3) is 2.05. The molecule has 0 spiro atoms. The van der Waals surface area contributed by atoms with Crippen LogP contribution in [0.2, 0.25) is 0 Å². The highest BCUT2D eigenvalue weighted by molar-refractivity contribution is 5.95. The Bertz CT molecular complexity index is 334. The maximum absolute atomic E-state index is 10.9. The lowest BCUT2D eigenvalue weighted by molar-refractivity contribution is 0.0698. The molecule has 2 N–H and O–H groups in total. The number of anilines is 1. The zero-order chi connectivity index (χ0) is 10.6. The van der Waals surface area contributed by atoms with Gasteiger partial charge >= 0.3 is 5.97 Å². The van der Waals surface area contributed by atoms with E-state index >= 15 is 0 Å². The number of carboxylic acid groups (broad SMARTS) is 1. The van der Waals surface area contributed by atoms with Crippen molar-refractivity contribution in [2.45, 2.75) is 19.8 Å². The molecule has 0 radical (unpaired) electrons. The number of carboxylic acids is 1. The predicted molar refractivity (Wildman–Crippen MR) is 56.9 cm³/mol. The van der Waals surface area contributed by atoms with Gasteiger partial charge in [-0.15, -0.1) is 0 Å². The minimum atomic E-state index is -0.882. The van der Waals surface area contributed by atoms with Gasteiger partial charge < -0.3 is 10.4 Å². The maximum Gasteiger partial charge on any atom is 0.337 e. The van der Waals surface area contributed by atoms with Gasteiger partial charge in [0.2, 0.25) is 0 Å². The van der Waals surface area contributed by atoms with Crippen LogP contribution in [0.1, 0.15) is 29.3 Å². The van der Waals surface area contributed by atoms with Crippen molar-refractivity contribution in [3.63, 3.8) is 0 Å². The molecule has 0 saturated heterocycles. The number of benzene rings is 1. The highest BCUT2D eigenvalue weighted by Crippen LogP contribution is 2.21. The number of rotatable bonds is 4. The fourth-order valence-electron chi connectivity index (χ4n) is 1.55. The molecule has 1 aromatic rings. The van der Waals surface area contributed by atoms with Crippen molar-refractivity contribution in [1.82, 2.24) is 0 Å². The van der Waals surface area contributed by atoms with Gasteiger partial charge in [-0.3, -0.25) is 0 Å². The van der Waals surface area contributed by atoms with Crippen molar-refractivity contribution in [3.05, 3.63) is 29.3 Å². The van der Waals surface area contributed by atoms with Crippen LogP contribution < -0.4 is 5.32 Å². The van der Waals surface area contributed by atoms with Gasteiger partial charge in [-0.05, 0) is 18.1 Å². The van der Waals surface area contributed by atoms with Crippen LogP contribution in [0, 0.1) is 0 Å². The van der Waals surface area contributed by atoms with E-state index in [0.29, 0.717) is 5.56 Å². The summed E-state index contributed by atoms with van der Waals surface area (Å²) in [5, 5.41) is 11.9. The molecule has 0 aliphatic rings. The first-order valence-electron chi connectivity index (χ1n) is 4.73. The van der Waals surface area contributed by atoms with Crippen molar-refractivity contribution in [2.75, 3.05) is 12.4 Å². The lowest BCUT2D eigenvalue weighted by Gasteiger charge is -2.10. The second-order valence-corrected chi connectivity index (χ2v) is 3.14. The summed E-state index contributed by atoms with van der Waals surface area (Å²) in [7, 11) is 1.75. The smallest absolute Gasteiger partial charge is 0.337 e. The monoisotopic (exact) mass is 193 g/mol. The Hall–Kier alpha value is -1.51. The molecule has 3 nitrogen and oxygen atoms in total. The van der Waals surface area contributed by atoms with Crippen molar-refractivity contribution >= 4 is 11.7 Å². The molecule has 0 atom stereocenters. The first-order chi connectivity index (χ1) is 6.70. The van der Waals surface area contributed by atoms with E-state index in [4.69, 9.17) is 5.11 Å². The zero-order valence-electron chi connectivity index (χ0n) is 8.50. The minimum absolute atomic E-state index is 0.346. The molecule has 0 fully saturated rings. The number of hydrogen-bond donors (Lipinski definition) is 2. The fourth-order valence-corrected chi connectivity index (χ4v) is 1.55. The van der Waals surface area contributed by atoms with Crippen LogP contribution in [-0.4, -0.2) is 18.1 Å². The van der Waals surface area contributed by atoms with Gasteiger partial charge in [0.25, 0.3) is 0 Å². The first-order valence-corrected chi connectivity index (χ1v) is 4.73. The average molecular weight is 193 g/mol. The van der Waals surface area contributed by atoms with E-state index in [-0.39, 0.29) is 0 Å². The van der Waals surface area contributed by atoms with E-state index in [2.05, 4.69) is 12.2 Å². The number of aromatic carboxylic acids is 1. The molecule has 76 valence electrons. The zero-order valence-corrected chi connectivity index (χ0v) is 8.50. The molecular formula is C11H15NO2. The van der Waals surface area contributed by atoms with Crippen LogP contribution in [0.3, 0.4) is 0 Å². The van der Waals surface area contributed by atoms with Crippen LogP contribution in [0.25, 0.3) is 0 Å². The van der Waals surface area contributed by atoms with E-state index in [1.807, 2.05) is 6.07 Å². The molecule has 1 aromatic carbocycles. The topological polar surface area (TPSA) is 49.3 Å². The summed E-state index contributed by atoms with van der Waals surface area (Å²) in [4.78, 5) is 10.9. The number of hydrogen-bond acceptors (Lipinski definition) is 2. The Morgan fingerprint density at radius 2 is 2.21 bits per heavy atom. The summed E-state index contributed by atoms with van der Waals surface area (Å²) >= 11 is 0. The molecule has 0 unspecified atom stereocenters. The Balaban J connectivity index is 3.17. The van der Waals surface area contributed by atoms with Crippen LogP contribution >= 0.6 is 0 Å². The minimum Gasteiger partial charge on any atom is -0.478 e. The van der Waals surface area contributed by atoms with E-state index in [9.17, 15) is 4.79 Å². The lowest BCUT2D eigenvalue weighted by Crippen LogP contribution is -2.05. The molecule has 3 heteroatoms. The third-order valence-corrected chi connectivity index (χ3v) is 2.15. The van der Waals surface area contributed by atoms with Crippen molar-refractivity contribution in [3.8, 4) is 0 Å². The highest BCUT2D eigenvalue weighted by atomic mass is 16.4. The second-order valence-electron chi connectivity index (χ2n) is 3.14. The van der Waals surface area contributed by atoms with Gasteiger partial charge in [0.15, 0.2) is 0 Å². The standard InChI is InChI=1S/C11H15NO2/c1-3-5-8-6-4-7-9(11(13)14)10(8)12-2/h4,6-7,12H,3,5H2,1-2H3,(H,13,14). The molecule has 0 bridgehead atoms. The number of aryl methyl sites for hydroxylation is 1. The highest BCUT2D eigenvalue weighted by Gasteiger charge is 2.11. The second kappa shape index (κ2) is 4.65. The molecule has 0 saturated carbocycles. The van der Waals surface area contributed by atoms with Crippen LogP contribution in [-0.2, 0) is 6.42 Å². The number of para-hydroxylation sites is 1. The molecule has 0 amide bonds. The van der Waals surface area contributed by atoms with Crippen LogP contribution in [0.4, 0.5) is 5.69 Å². The molecule has 0 aliphatic carbocycles. The van der Waals surface area contributed by atoms with Gasteiger partial charge in [-0.2, -0.15) is 0 Å². The SMILES string of the molecule is CCCc1cccc(C(=O)O)c1NC. The normalized spacial score (nSPS) is 9.86. The molecule has 1 rings (SSSR count). The molecule has 0 aliphatic heterocycles. The van der Waals surface area contributed by atoms with E-state index in [1.165, 1.54) is 0 Å². The summed E-state index contributed by atoms with van der Waals surface area (Å²) in [6, 6.07) is 5.37. The Morgan fingerprint density at radius 3 is 2.71 bits per heavy atom. The van der Waals surface area contributed by atoms with Gasteiger partial charge in [0, 0.05) is 7.05 Å². The molecular weight excluding hydrogens is 178 g/mol. The van der Waals surface area contributed by atoms with Crippen molar-refractivity contribution in [1.29, 1.82) is 0 Å². The fraction of sp³-hybridized carbons (Fsp3) is 0.364. The van der Waals surface area contributed by atoms with Gasteiger partial charge in [-0.25, -0.2) is 4.79 Å². The summed E-state index contributed by atoms with van der Waals surface area (Å²) in [6.45, 7) is 2.08. The first kappa shape index (κ1) is 10.6. The molecule has 14 heavy (non-hydrogen) atoms. The largest absolute Gasteiger partial charge is 0.478 e. The van der Waals surface area contributed by atoms with E-state index in [0.717, 1.165) is 24.1 Å². The van der Waals surface area contributed by atoms with Gasteiger partial charge in [-0.1, -0.05) is 25.5 Å². The number of carbonyl (C=O) groups is 1. The van der Waals surface area contributed by atoms with Crippen molar-refractivity contribution < 1.29 is 9.90 Å². The van der Waals surface area contributed by atoms with E-state index in [1.54, 1.807) is 19.2 Å². The summed E-state index contributed by atoms with van der Waals surface area (Å²) in [6.07, 6.45) is 1.91.